The first-order valence-electron chi connectivity index (χ1n) is 4.94. The van der Waals surface area contributed by atoms with Crippen LogP contribution in [0.3, 0.4) is 0 Å². The Morgan fingerprint density at radius 1 is 1.38 bits per heavy atom. The third kappa shape index (κ3) is 2.70. The molecular weight excluding hydrogens is 272 g/mol. The van der Waals surface area contributed by atoms with Crippen molar-refractivity contribution in [3.05, 3.63) is 34.9 Å². The van der Waals surface area contributed by atoms with Crippen LogP contribution in [0.15, 0.2) is 18.2 Å². The average Bonchev–Trinajstić information content (AvgIpc) is 2.35. The van der Waals surface area contributed by atoms with E-state index >= 15 is 0 Å². The molecular formula is C12H13BrO3. The van der Waals surface area contributed by atoms with E-state index in [1.807, 2.05) is 6.92 Å². The van der Waals surface area contributed by atoms with Crippen molar-refractivity contribution in [1.82, 2.24) is 0 Å². The van der Waals surface area contributed by atoms with Gasteiger partial charge in [0.25, 0.3) is 0 Å². The van der Waals surface area contributed by atoms with E-state index in [4.69, 9.17) is 0 Å². The molecule has 0 aliphatic heterocycles. The third-order valence-electron chi connectivity index (χ3n) is 2.30. The second kappa shape index (κ2) is 5.80. The number of ether oxygens (including phenoxy) is 1. The van der Waals surface area contributed by atoms with Crippen LogP contribution in [0.4, 0.5) is 0 Å². The molecule has 1 aromatic rings. The Morgan fingerprint density at radius 2 is 2.06 bits per heavy atom. The molecule has 0 aliphatic rings. The molecule has 0 heterocycles. The Kier molecular flexibility index (Phi) is 4.68. The van der Waals surface area contributed by atoms with Crippen molar-refractivity contribution in [3.63, 3.8) is 0 Å². The van der Waals surface area contributed by atoms with Gasteiger partial charge < -0.3 is 4.74 Å². The molecule has 16 heavy (non-hydrogen) atoms. The normalized spacial score (nSPS) is 9.94. The maximum atomic E-state index is 11.5. The highest BCUT2D eigenvalue weighted by molar-refractivity contribution is 9.08. The van der Waals surface area contributed by atoms with Crippen LogP contribution in [0, 0.1) is 0 Å². The molecule has 0 amide bonds. The molecule has 0 bridgehead atoms. The second-order valence-electron chi connectivity index (χ2n) is 3.27. The standard InChI is InChI=1S/C12H13BrO3/c1-3-11(14)8-4-5-10(12(15)16-2)9(6-8)7-13/h4-6H,3,7H2,1-2H3. The molecule has 0 aliphatic carbocycles. The number of halogens is 1. The molecule has 3 nitrogen and oxygen atoms in total. The number of carbonyl (C=O) groups is 2. The summed E-state index contributed by atoms with van der Waals surface area (Å²) in [5.74, 6) is -0.316. The second-order valence-corrected chi connectivity index (χ2v) is 3.83. The first-order chi connectivity index (χ1) is 7.63. The van der Waals surface area contributed by atoms with Crippen LogP contribution in [0.25, 0.3) is 0 Å². The summed E-state index contributed by atoms with van der Waals surface area (Å²) >= 11 is 3.29. The van der Waals surface area contributed by atoms with Gasteiger partial charge in [-0.15, -0.1) is 0 Å². The minimum atomic E-state index is -0.384. The first kappa shape index (κ1) is 12.9. The summed E-state index contributed by atoms with van der Waals surface area (Å²) in [4.78, 5) is 22.9. The number of rotatable bonds is 4. The summed E-state index contributed by atoms with van der Waals surface area (Å²) in [6, 6.07) is 5.02. The fraction of sp³-hybridized carbons (Fsp3) is 0.333. The minimum Gasteiger partial charge on any atom is -0.465 e. The molecule has 0 unspecified atom stereocenters. The van der Waals surface area contributed by atoms with Crippen molar-refractivity contribution < 1.29 is 14.3 Å². The fourth-order valence-corrected chi connectivity index (χ4v) is 1.85. The smallest absolute Gasteiger partial charge is 0.338 e. The molecule has 0 fully saturated rings. The van der Waals surface area contributed by atoms with E-state index in [0.717, 1.165) is 5.56 Å². The zero-order valence-electron chi connectivity index (χ0n) is 9.25. The van der Waals surface area contributed by atoms with E-state index in [1.165, 1.54) is 7.11 Å². The number of ketones is 1. The number of hydrogen-bond acceptors (Lipinski definition) is 3. The van der Waals surface area contributed by atoms with E-state index in [2.05, 4.69) is 20.7 Å². The van der Waals surface area contributed by atoms with Crippen LogP contribution >= 0.6 is 15.9 Å². The number of hydrogen-bond donors (Lipinski definition) is 0. The quantitative estimate of drug-likeness (QED) is 0.485. The summed E-state index contributed by atoms with van der Waals surface area (Å²) in [7, 11) is 1.34. The van der Waals surface area contributed by atoms with Gasteiger partial charge >= 0.3 is 5.97 Å². The maximum Gasteiger partial charge on any atom is 0.338 e. The highest BCUT2D eigenvalue weighted by Crippen LogP contribution is 2.17. The van der Waals surface area contributed by atoms with Gasteiger partial charge in [0.15, 0.2) is 5.78 Å². The molecule has 0 saturated carbocycles. The van der Waals surface area contributed by atoms with Crippen molar-refractivity contribution in [1.29, 1.82) is 0 Å². The highest BCUT2D eigenvalue weighted by Gasteiger charge is 2.13. The van der Waals surface area contributed by atoms with Crippen LogP contribution in [0.1, 0.15) is 39.6 Å². The van der Waals surface area contributed by atoms with Crippen molar-refractivity contribution in [2.45, 2.75) is 18.7 Å². The molecule has 4 heteroatoms. The van der Waals surface area contributed by atoms with E-state index in [-0.39, 0.29) is 11.8 Å². The van der Waals surface area contributed by atoms with Crippen LogP contribution < -0.4 is 0 Å². The summed E-state index contributed by atoms with van der Waals surface area (Å²) in [6.45, 7) is 1.81. The van der Waals surface area contributed by atoms with E-state index in [9.17, 15) is 9.59 Å². The zero-order valence-corrected chi connectivity index (χ0v) is 10.8. The van der Waals surface area contributed by atoms with Crippen molar-refractivity contribution in [2.75, 3.05) is 7.11 Å². The van der Waals surface area contributed by atoms with Crippen LogP contribution in [-0.4, -0.2) is 18.9 Å². The number of alkyl halides is 1. The molecule has 0 saturated heterocycles. The monoisotopic (exact) mass is 284 g/mol. The fourth-order valence-electron chi connectivity index (χ4n) is 1.39. The Labute approximate surface area is 103 Å². The molecule has 1 aromatic carbocycles. The minimum absolute atomic E-state index is 0.0682. The van der Waals surface area contributed by atoms with Crippen LogP contribution in [0.5, 0.6) is 0 Å². The average molecular weight is 285 g/mol. The van der Waals surface area contributed by atoms with Crippen LogP contribution in [-0.2, 0) is 10.1 Å². The Hall–Kier alpha value is -1.16. The number of methoxy groups -OCH3 is 1. The van der Waals surface area contributed by atoms with E-state index < -0.39 is 0 Å². The van der Waals surface area contributed by atoms with Gasteiger partial charge in [0.05, 0.1) is 12.7 Å². The number of carbonyl (C=O) groups excluding carboxylic acids is 2. The molecule has 0 aromatic heterocycles. The van der Waals surface area contributed by atoms with E-state index in [0.29, 0.717) is 22.9 Å². The molecule has 0 N–H and O–H groups in total. The molecule has 0 atom stereocenters. The maximum absolute atomic E-state index is 11.5. The van der Waals surface area contributed by atoms with Crippen molar-refractivity contribution in [2.24, 2.45) is 0 Å². The van der Waals surface area contributed by atoms with E-state index in [1.54, 1.807) is 18.2 Å². The lowest BCUT2D eigenvalue weighted by molar-refractivity contribution is 0.0599. The number of Topliss-reactive ketones (excluding diaryl/α,β-unsaturated/α-hetero) is 1. The zero-order chi connectivity index (χ0) is 12.1. The van der Waals surface area contributed by atoms with Gasteiger partial charge in [-0.25, -0.2) is 4.79 Å². The lowest BCUT2D eigenvalue weighted by atomic mass is 10.0. The summed E-state index contributed by atoms with van der Waals surface area (Å²) in [6.07, 6.45) is 0.458. The summed E-state index contributed by atoms with van der Waals surface area (Å²) < 4.78 is 4.66. The number of esters is 1. The van der Waals surface area contributed by atoms with Gasteiger partial charge in [0, 0.05) is 17.3 Å². The lowest BCUT2D eigenvalue weighted by Crippen LogP contribution is -2.07. The third-order valence-corrected chi connectivity index (χ3v) is 2.90. The summed E-state index contributed by atoms with van der Waals surface area (Å²) in [5.41, 5.74) is 1.89. The van der Waals surface area contributed by atoms with Crippen molar-refractivity contribution >= 4 is 27.7 Å². The molecule has 0 radical (unpaired) electrons. The number of benzene rings is 1. The molecule has 1 rings (SSSR count). The van der Waals surface area contributed by atoms with Gasteiger partial charge in [-0.1, -0.05) is 28.9 Å². The van der Waals surface area contributed by atoms with Gasteiger partial charge in [0.2, 0.25) is 0 Å². The highest BCUT2D eigenvalue weighted by atomic mass is 79.9. The molecule has 0 spiro atoms. The predicted molar refractivity (Wildman–Crippen MR) is 65.0 cm³/mol. The largest absolute Gasteiger partial charge is 0.465 e. The Bertz CT molecular complexity index is 413. The topological polar surface area (TPSA) is 43.4 Å². The summed E-state index contributed by atoms with van der Waals surface area (Å²) in [5, 5.41) is 0.516. The van der Waals surface area contributed by atoms with Gasteiger partial charge in [-0.2, -0.15) is 0 Å². The Morgan fingerprint density at radius 3 is 2.56 bits per heavy atom. The van der Waals surface area contributed by atoms with Crippen molar-refractivity contribution in [3.8, 4) is 0 Å². The van der Waals surface area contributed by atoms with Gasteiger partial charge in [0.1, 0.15) is 0 Å². The van der Waals surface area contributed by atoms with Crippen LogP contribution in [0.2, 0.25) is 0 Å². The predicted octanol–water partition coefficient (Wildman–Crippen LogP) is 2.96. The Balaban J connectivity index is 3.16. The van der Waals surface area contributed by atoms with Gasteiger partial charge in [-0.3, -0.25) is 4.79 Å². The van der Waals surface area contributed by atoms with Gasteiger partial charge in [-0.05, 0) is 17.7 Å². The molecule has 86 valence electrons. The first-order valence-corrected chi connectivity index (χ1v) is 6.06. The lowest BCUT2D eigenvalue weighted by Gasteiger charge is -2.07. The SMILES string of the molecule is CCC(=O)c1ccc(C(=O)OC)c(CBr)c1.